The molecule has 1 aromatic carbocycles. The van der Waals surface area contributed by atoms with E-state index in [2.05, 4.69) is 22.3 Å². The van der Waals surface area contributed by atoms with Gasteiger partial charge in [0.05, 0.1) is 0 Å². The maximum Gasteiger partial charge on any atom is 0.261 e. The van der Waals surface area contributed by atoms with Crippen molar-refractivity contribution in [2.24, 2.45) is 0 Å². The summed E-state index contributed by atoms with van der Waals surface area (Å²) in [6.45, 7) is 6.26. The molecule has 1 amide bonds. The highest BCUT2D eigenvalue weighted by Gasteiger charge is 2.19. The fraction of sp³-hybridized carbons (Fsp3) is 0.682. The minimum atomic E-state index is -0.397. The Morgan fingerprint density at radius 2 is 1.88 bits per heavy atom. The molecule has 1 heterocycles. The highest BCUT2D eigenvalue weighted by Crippen LogP contribution is 2.26. The van der Waals surface area contributed by atoms with E-state index in [9.17, 15) is 4.79 Å². The fourth-order valence-electron chi connectivity index (χ4n) is 4.08. The average molecular weight is 359 g/mol. The van der Waals surface area contributed by atoms with Crippen LogP contribution in [0.1, 0.15) is 63.0 Å². The Morgan fingerprint density at radius 3 is 2.65 bits per heavy atom. The number of piperidine rings is 1. The summed E-state index contributed by atoms with van der Waals surface area (Å²) in [5.41, 5.74) is 2.84. The van der Waals surface area contributed by atoms with Gasteiger partial charge in [-0.2, -0.15) is 0 Å². The summed E-state index contributed by atoms with van der Waals surface area (Å²) in [6, 6.07) is 6.34. The number of carbonyl (C=O) groups is 1. The molecule has 0 saturated carbocycles. The summed E-state index contributed by atoms with van der Waals surface area (Å²) in [5.74, 6) is 0.852. The van der Waals surface area contributed by atoms with Crippen LogP contribution in [0.15, 0.2) is 18.2 Å². The largest absolute Gasteiger partial charge is 0.481 e. The van der Waals surface area contributed by atoms with Gasteiger partial charge in [-0.1, -0.05) is 19.4 Å². The Hall–Kier alpha value is -1.55. The number of benzene rings is 1. The number of nitrogens with one attached hydrogen (secondary N) is 1. The maximum absolute atomic E-state index is 12.5. The van der Waals surface area contributed by atoms with Gasteiger partial charge in [0.15, 0.2) is 6.10 Å². The Bertz CT molecular complexity index is 582. The first-order chi connectivity index (χ1) is 12.8. The van der Waals surface area contributed by atoms with E-state index >= 15 is 0 Å². The number of likely N-dealkylation sites (tertiary alicyclic amines) is 1. The van der Waals surface area contributed by atoms with Crippen LogP contribution in [0.4, 0.5) is 0 Å². The van der Waals surface area contributed by atoms with Gasteiger partial charge in [-0.25, -0.2) is 0 Å². The number of ether oxygens (including phenoxy) is 1. The number of aryl methyl sites for hydroxylation is 2. The van der Waals surface area contributed by atoms with Crippen LogP contribution >= 0.6 is 0 Å². The third-order valence-electron chi connectivity index (χ3n) is 5.66. The molecule has 0 radical (unpaired) electrons. The molecule has 1 saturated heterocycles. The van der Waals surface area contributed by atoms with Crippen molar-refractivity contribution in [2.45, 2.75) is 70.8 Å². The van der Waals surface area contributed by atoms with Crippen LogP contribution in [0, 0.1) is 0 Å². The molecule has 2 aliphatic rings. The third-order valence-corrected chi connectivity index (χ3v) is 5.66. The molecule has 1 N–H and O–H groups in total. The second-order valence-electron chi connectivity index (χ2n) is 7.70. The molecule has 1 unspecified atom stereocenters. The van der Waals surface area contributed by atoms with Crippen LogP contribution in [-0.4, -0.2) is 43.1 Å². The van der Waals surface area contributed by atoms with Crippen molar-refractivity contribution in [1.82, 2.24) is 10.2 Å². The van der Waals surface area contributed by atoms with Crippen molar-refractivity contribution >= 4 is 5.91 Å². The molecule has 1 aliphatic carbocycles. The Morgan fingerprint density at radius 1 is 1.12 bits per heavy atom. The van der Waals surface area contributed by atoms with Crippen LogP contribution < -0.4 is 10.1 Å². The molecule has 0 spiro atoms. The lowest BCUT2D eigenvalue weighted by Crippen LogP contribution is -2.39. The van der Waals surface area contributed by atoms with Crippen molar-refractivity contribution in [2.75, 3.05) is 26.2 Å². The Balaban J connectivity index is 1.43. The SMILES string of the molecule is CCC(Oc1ccc2c(c1)CCCC2)C(=O)NCCCN1CCCCC1. The van der Waals surface area contributed by atoms with Crippen molar-refractivity contribution < 1.29 is 9.53 Å². The van der Waals surface area contributed by atoms with Crippen molar-refractivity contribution in [1.29, 1.82) is 0 Å². The molecule has 26 heavy (non-hydrogen) atoms. The van der Waals surface area contributed by atoms with E-state index < -0.39 is 6.10 Å². The molecule has 4 heteroatoms. The first-order valence-electron chi connectivity index (χ1n) is 10.5. The summed E-state index contributed by atoms with van der Waals surface area (Å²) >= 11 is 0. The van der Waals surface area contributed by atoms with Gasteiger partial charge in [0, 0.05) is 6.54 Å². The fourth-order valence-corrected chi connectivity index (χ4v) is 4.08. The van der Waals surface area contributed by atoms with Gasteiger partial charge in [-0.05, 0) is 94.3 Å². The molecule has 0 bridgehead atoms. The van der Waals surface area contributed by atoms with Gasteiger partial charge in [0.1, 0.15) is 5.75 Å². The number of carbonyl (C=O) groups excluding carboxylic acids is 1. The molecule has 0 aromatic heterocycles. The van der Waals surface area contributed by atoms with E-state index in [4.69, 9.17) is 4.74 Å². The number of hydrogen-bond acceptors (Lipinski definition) is 3. The van der Waals surface area contributed by atoms with Crippen LogP contribution in [0.3, 0.4) is 0 Å². The zero-order valence-electron chi connectivity index (χ0n) is 16.3. The van der Waals surface area contributed by atoms with Crippen molar-refractivity contribution in [3.63, 3.8) is 0 Å². The van der Waals surface area contributed by atoms with E-state index in [-0.39, 0.29) is 5.91 Å². The first-order valence-corrected chi connectivity index (χ1v) is 10.5. The lowest BCUT2D eigenvalue weighted by atomic mass is 9.92. The van der Waals surface area contributed by atoms with Gasteiger partial charge < -0.3 is 15.0 Å². The van der Waals surface area contributed by atoms with Gasteiger partial charge in [0.2, 0.25) is 0 Å². The Kier molecular flexibility index (Phi) is 7.36. The summed E-state index contributed by atoms with van der Waals surface area (Å²) in [6.07, 6.45) is 10.2. The minimum Gasteiger partial charge on any atom is -0.481 e. The van der Waals surface area contributed by atoms with Crippen molar-refractivity contribution in [3.8, 4) is 5.75 Å². The van der Waals surface area contributed by atoms with Crippen LogP contribution in [0.2, 0.25) is 0 Å². The second kappa shape index (κ2) is 9.96. The summed E-state index contributed by atoms with van der Waals surface area (Å²) in [7, 11) is 0. The molecule has 1 aliphatic heterocycles. The Labute approximate surface area is 158 Å². The topological polar surface area (TPSA) is 41.6 Å². The van der Waals surface area contributed by atoms with E-state index in [0.717, 1.165) is 31.7 Å². The number of fused-ring (bicyclic) bond motifs is 1. The van der Waals surface area contributed by atoms with E-state index in [0.29, 0.717) is 6.42 Å². The predicted octanol–water partition coefficient (Wildman–Crippen LogP) is 3.72. The smallest absolute Gasteiger partial charge is 0.261 e. The lowest BCUT2D eigenvalue weighted by Gasteiger charge is -2.26. The highest BCUT2D eigenvalue weighted by atomic mass is 16.5. The second-order valence-corrected chi connectivity index (χ2v) is 7.70. The molecule has 4 nitrogen and oxygen atoms in total. The van der Waals surface area contributed by atoms with Crippen LogP contribution in [-0.2, 0) is 17.6 Å². The first kappa shape index (κ1) is 19.2. The normalized spacial score (nSPS) is 18.8. The lowest BCUT2D eigenvalue weighted by molar-refractivity contribution is -0.128. The summed E-state index contributed by atoms with van der Waals surface area (Å²) < 4.78 is 6.02. The van der Waals surface area contributed by atoms with Crippen LogP contribution in [0.25, 0.3) is 0 Å². The third kappa shape index (κ3) is 5.47. The monoisotopic (exact) mass is 358 g/mol. The number of hydrogen-bond donors (Lipinski definition) is 1. The van der Waals surface area contributed by atoms with E-state index in [1.165, 1.54) is 62.7 Å². The van der Waals surface area contributed by atoms with E-state index in [1.807, 2.05) is 13.0 Å². The van der Waals surface area contributed by atoms with Crippen molar-refractivity contribution in [3.05, 3.63) is 29.3 Å². The highest BCUT2D eigenvalue weighted by molar-refractivity contribution is 5.81. The minimum absolute atomic E-state index is 0.0175. The quantitative estimate of drug-likeness (QED) is 0.720. The molecular weight excluding hydrogens is 324 g/mol. The average Bonchev–Trinajstić information content (AvgIpc) is 2.70. The zero-order chi connectivity index (χ0) is 18.2. The molecular formula is C22H34N2O2. The molecule has 1 fully saturated rings. The van der Waals surface area contributed by atoms with Gasteiger partial charge in [-0.3, -0.25) is 4.79 Å². The predicted molar refractivity (Wildman–Crippen MR) is 106 cm³/mol. The van der Waals surface area contributed by atoms with Gasteiger partial charge >= 0.3 is 0 Å². The number of amides is 1. The molecule has 1 atom stereocenters. The number of rotatable bonds is 8. The zero-order valence-corrected chi connectivity index (χ0v) is 16.3. The maximum atomic E-state index is 12.5. The summed E-state index contributed by atoms with van der Waals surface area (Å²) in [5, 5.41) is 3.07. The summed E-state index contributed by atoms with van der Waals surface area (Å²) in [4.78, 5) is 15.0. The molecule has 1 aromatic rings. The molecule has 144 valence electrons. The van der Waals surface area contributed by atoms with Crippen LogP contribution in [0.5, 0.6) is 5.75 Å². The standard InChI is InChI=1S/C22H34N2O2/c1-2-21(22(25)23-13-8-16-24-14-6-3-7-15-24)26-20-12-11-18-9-4-5-10-19(18)17-20/h11-12,17,21H,2-10,13-16H2,1H3,(H,23,25). The van der Waals surface area contributed by atoms with Gasteiger partial charge in [-0.15, -0.1) is 0 Å². The molecule has 3 rings (SSSR count). The van der Waals surface area contributed by atoms with E-state index in [1.54, 1.807) is 0 Å². The number of nitrogens with zero attached hydrogens (tertiary/aromatic N) is 1. The van der Waals surface area contributed by atoms with Gasteiger partial charge in [0.25, 0.3) is 5.91 Å².